The van der Waals surface area contributed by atoms with Crippen molar-refractivity contribution in [3.05, 3.63) is 29.6 Å². The fraction of sp³-hybridized carbons (Fsp3) is 0.500. The Labute approximate surface area is 99.8 Å². The number of rotatable bonds is 5. The Morgan fingerprint density at radius 3 is 2.71 bits per heavy atom. The lowest BCUT2D eigenvalue weighted by atomic mass is 10.1. The second-order valence-corrected chi connectivity index (χ2v) is 5.04. The van der Waals surface area contributed by atoms with Crippen LogP contribution in [0, 0.1) is 17.7 Å². The molecule has 0 saturated heterocycles. The monoisotopic (exact) mass is 234 g/mol. The molecule has 0 radical (unpaired) electrons. The maximum absolute atomic E-state index is 13.5. The Bertz CT molecular complexity index is 448. The van der Waals surface area contributed by atoms with Gasteiger partial charge in [0.2, 0.25) is 0 Å². The highest BCUT2D eigenvalue weighted by molar-refractivity contribution is 5.99. The number of halogens is 1. The molecule has 0 N–H and O–H groups in total. The number of Topliss-reactive ketones (excluding diaryl/α,β-unsaturated/α-hetero) is 1. The average Bonchev–Trinajstić information content (AvgIpc) is 3.18. The van der Waals surface area contributed by atoms with Crippen LogP contribution >= 0.6 is 0 Å². The molecule has 0 bridgehead atoms. The van der Waals surface area contributed by atoms with Crippen molar-refractivity contribution < 1.29 is 13.9 Å². The fourth-order valence-electron chi connectivity index (χ4n) is 1.84. The van der Waals surface area contributed by atoms with Crippen molar-refractivity contribution in [1.29, 1.82) is 0 Å². The molecule has 2 nitrogen and oxygen atoms in total. The van der Waals surface area contributed by atoms with Crippen molar-refractivity contribution in [2.24, 2.45) is 11.8 Å². The summed E-state index contributed by atoms with van der Waals surface area (Å²) in [5.74, 6) is 0.719. The maximum Gasteiger partial charge on any atom is 0.166 e. The highest BCUT2D eigenvalue weighted by Gasteiger charge is 2.31. The molecule has 0 heterocycles. The molecule has 0 atom stereocenters. The van der Waals surface area contributed by atoms with Gasteiger partial charge in [0.1, 0.15) is 0 Å². The molecule has 0 amide bonds. The van der Waals surface area contributed by atoms with Gasteiger partial charge >= 0.3 is 0 Å². The van der Waals surface area contributed by atoms with E-state index in [0.717, 1.165) is 12.8 Å². The average molecular weight is 234 g/mol. The van der Waals surface area contributed by atoms with Crippen LogP contribution in [-0.4, -0.2) is 12.4 Å². The molecule has 1 aromatic rings. The van der Waals surface area contributed by atoms with Gasteiger partial charge in [-0.2, -0.15) is 0 Å². The normalized spacial score (nSPS) is 19.1. The number of ketones is 1. The van der Waals surface area contributed by atoms with Crippen LogP contribution in [0.15, 0.2) is 18.2 Å². The van der Waals surface area contributed by atoms with Crippen molar-refractivity contribution in [2.75, 3.05) is 6.61 Å². The molecular formula is C14H15FO2. The zero-order valence-electron chi connectivity index (χ0n) is 9.62. The Hall–Kier alpha value is -1.38. The van der Waals surface area contributed by atoms with Gasteiger partial charge in [-0.1, -0.05) is 0 Å². The summed E-state index contributed by atoms with van der Waals surface area (Å²) in [4.78, 5) is 11.8. The highest BCUT2D eigenvalue weighted by atomic mass is 19.1. The van der Waals surface area contributed by atoms with Gasteiger partial charge in [-0.05, 0) is 49.8 Å². The van der Waals surface area contributed by atoms with Crippen molar-refractivity contribution in [3.63, 3.8) is 0 Å². The summed E-state index contributed by atoms with van der Waals surface area (Å²) >= 11 is 0. The van der Waals surface area contributed by atoms with E-state index in [1.165, 1.54) is 18.9 Å². The topological polar surface area (TPSA) is 26.3 Å². The van der Waals surface area contributed by atoms with E-state index in [1.807, 2.05) is 0 Å². The SMILES string of the molecule is O=C(c1ccc(F)c(OCC2CC2)c1)C1CC1. The molecule has 0 spiro atoms. The van der Waals surface area contributed by atoms with E-state index in [1.54, 1.807) is 12.1 Å². The molecule has 3 heteroatoms. The fourth-order valence-corrected chi connectivity index (χ4v) is 1.84. The molecule has 2 aliphatic rings. The standard InChI is InChI=1S/C14H15FO2/c15-12-6-5-11(14(16)10-3-4-10)7-13(12)17-8-9-1-2-9/h5-7,9-10H,1-4,8H2. The number of hydrogen-bond acceptors (Lipinski definition) is 2. The third-order valence-electron chi connectivity index (χ3n) is 3.34. The van der Waals surface area contributed by atoms with Gasteiger partial charge in [0.05, 0.1) is 6.61 Å². The van der Waals surface area contributed by atoms with E-state index >= 15 is 0 Å². The van der Waals surface area contributed by atoms with Gasteiger partial charge in [0.15, 0.2) is 17.3 Å². The molecule has 0 unspecified atom stereocenters. The van der Waals surface area contributed by atoms with E-state index in [4.69, 9.17) is 4.74 Å². The van der Waals surface area contributed by atoms with Crippen LogP contribution in [0.2, 0.25) is 0 Å². The van der Waals surface area contributed by atoms with Gasteiger partial charge in [0, 0.05) is 11.5 Å². The summed E-state index contributed by atoms with van der Waals surface area (Å²) in [5.41, 5.74) is 0.583. The third-order valence-corrected chi connectivity index (χ3v) is 3.34. The van der Waals surface area contributed by atoms with Crippen molar-refractivity contribution >= 4 is 5.78 Å². The van der Waals surface area contributed by atoms with E-state index in [2.05, 4.69) is 0 Å². The number of hydrogen-bond donors (Lipinski definition) is 0. The number of ether oxygens (including phenoxy) is 1. The van der Waals surface area contributed by atoms with Crippen LogP contribution in [0.25, 0.3) is 0 Å². The third kappa shape index (κ3) is 2.48. The molecule has 17 heavy (non-hydrogen) atoms. The van der Waals surface area contributed by atoms with Crippen LogP contribution in [0.1, 0.15) is 36.0 Å². The van der Waals surface area contributed by atoms with Gasteiger partial charge in [0.25, 0.3) is 0 Å². The summed E-state index contributed by atoms with van der Waals surface area (Å²) in [6, 6.07) is 4.44. The number of carbonyl (C=O) groups is 1. The Morgan fingerprint density at radius 1 is 1.29 bits per heavy atom. The van der Waals surface area contributed by atoms with Crippen LogP contribution in [0.4, 0.5) is 4.39 Å². The van der Waals surface area contributed by atoms with Crippen molar-refractivity contribution in [2.45, 2.75) is 25.7 Å². The summed E-state index contributed by atoms with van der Waals surface area (Å²) in [6.45, 7) is 0.567. The Kier molecular flexibility index (Phi) is 2.61. The minimum absolute atomic E-state index is 0.126. The molecule has 2 aliphatic carbocycles. The number of benzene rings is 1. The quantitative estimate of drug-likeness (QED) is 0.731. The predicted octanol–water partition coefficient (Wildman–Crippen LogP) is 3.21. The second-order valence-electron chi connectivity index (χ2n) is 5.04. The molecule has 3 rings (SSSR count). The largest absolute Gasteiger partial charge is 0.490 e. The lowest BCUT2D eigenvalue weighted by Crippen LogP contribution is -2.05. The van der Waals surface area contributed by atoms with Crippen molar-refractivity contribution in [1.82, 2.24) is 0 Å². The number of carbonyl (C=O) groups excluding carboxylic acids is 1. The minimum Gasteiger partial charge on any atom is -0.490 e. The zero-order chi connectivity index (χ0) is 11.8. The molecule has 1 aromatic carbocycles. The predicted molar refractivity (Wildman–Crippen MR) is 61.7 cm³/mol. The van der Waals surface area contributed by atoms with Crippen LogP contribution in [-0.2, 0) is 0 Å². The zero-order valence-corrected chi connectivity index (χ0v) is 9.62. The lowest BCUT2D eigenvalue weighted by Gasteiger charge is -2.08. The maximum atomic E-state index is 13.5. The van der Waals surface area contributed by atoms with Gasteiger partial charge in [-0.3, -0.25) is 4.79 Å². The van der Waals surface area contributed by atoms with Crippen LogP contribution in [0.5, 0.6) is 5.75 Å². The summed E-state index contributed by atoms with van der Waals surface area (Å²) in [7, 11) is 0. The summed E-state index contributed by atoms with van der Waals surface area (Å²) in [6.07, 6.45) is 4.27. The second kappa shape index (κ2) is 4.13. The van der Waals surface area contributed by atoms with Crippen molar-refractivity contribution in [3.8, 4) is 5.75 Å². The first-order chi connectivity index (χ1) is 8.24. The first kappa shape index (κ1) is 10.8. The smallest absolute Gasteiger partial charge is 0.166 e. The van der Waals surface area contributed by atoms with E-state index in [9.17, 15) is 9.18 Å². The highest BCUT2D eigenvalue weighted by Crippen LogP contribution is 2.34. The molecular weight excluding hydrogens is 219 g/mol. The summed E-state index contributed by atoms with van der Waals surface area (Å²) < 4.78 is 18.9. The van der Waals surface area contributed by atoms with Gasteiger partial charge in [-0.25, -0.2) is 4.39 Å². The first-order valence-electron chi connectivity index (χ1n) is 6.20. The molecule has 90 valence electrons. The van der Waals surface area contributed by atoms with E-state index < -0.39 is 0 Å². The molecule has 0 aliphatic heterocycles. The first-order valence-corrected chi connectivity index (χ1v) is 6.20. The molecule has 2 saturated carbocycles. The Balaban J connectivity index is 1.75. The Morgan fingerprint density at radius 2 is 2.06 bits per heavy atom. The lowest BCUT2D eigenvalue weighted by molar-refractivity contribution is 0.0967. The van der Waals surface area contributed by atoms with Crippen LogP contribution < -0.4 is 4.74 Å². The summed E-state index contributed by atoms with van der Waals surface area (Å²) in [5, 5.41) is 0. The van der Waals surface area contributed by atoms with Crippen LogP contribution in [0.3, 0.4) is 0 Å². The van der Waals surface area contributed by atoms with E-state index in [-0.39, 0.29) is 23.3 Å². The molecule has 2 fully saturated rings. The van der Waals surface area contributed by atoms with E-state index in [0.29, 0.717) is 18.1 Å². The van der Waals surface area contributed by atoms with Gasteiger partial charge in [-0.15, -0.1) is 0 Å². The molecule has 0 aromatic heterocycles. The van der Waals surface area contributed by atoms with Gasteiger partial charge < -0.3 is 4.74 Å². The minimum atomic E-state index is -0.377.